The van der Waals surface area contributed by atoms with E-state index in [-0.39, 0.29) is 21.3 Å². The Labute approximate surface area is 189 Å². The Morgan fingerprint density at radius 2 is 1.62 bits per heavy atom. The second kappa shape index (κ2) is 9.14. The molecule has 0 radical (unpaired) electrons. The average Bonchev–Trinajstić information content (AvgIpc) is 3.18. The van der Waals surface area contributed by atoms with Gasteiger partial charge < -0.3 is 8.85 Å². The van der Waals surface area contributed by atoms with Gasteiger partial charge in [-0.2, -0.15) is 11.8 Å². The zero-order chi connectivity index (χ0) is 22.3. The van der Waals surface area contributed by atoms with E-state index in [9.17, 15) is 4.79 Å². The van der Waals surface area contributed by atoms with Crippen LogP contribution < -0.4 is 0 Å². The molecule has 0 N–H and O–H groups in total. The van der Waals surface area contributed by atoms with E-state index in [2.05, 4.69) is 73.8 Å². The van der Waals surface area contributed by atoms with Crippen molar-refractivity contribution in [2.24, 2.45) is 0 Å². The van der Waals surface area contributed by atoms with E-state index in [1.54, 1.807) is 6.08 Å². The first-order chi connectivity index (χ1) is 13.0. The molecule has 0 aromatic rings. The molecule has 29 heavy (non-hydrogen) atoms. The molecule has 168 valence electrons. The van der Waals surface area contributed by atoms with Crippen LogP contribution in [0.4, 0.5) is 0 Å². The monoisotopic (exact) mass is 474 g/mol. The number of carbonyl (C=O) groups is 1. The Hall–Kier alpha value is 0.464. The van der Waals surface area contributed by atoms with Gasteiger partial charge in [-0.25, -0.2) is 0 Å². The molecule has 1 saturated heterocycles. The van der Waals surface area contributed by atoms with E-state index >= 15 is 0 Å². The van der Waals surface area contributed by atoms with Crippen LogP contribution in [0.2, 0.25) is 36.3 Å². The highest BCUT2D eigenvalue weighted by Gasteiger charge is 2.45. The van der Waals surface area contributed by atoms with Gasteiger partial charge >= 0.3 is 0 Å². The molecule has 2 heterocycles. The summed E-state index contributed by atoms with van der Waals surface area (Å²) < 4.78 is 13.6. The lowest BCUT2D eigenvalue weighted by Gasteiger charge is -2.43. The van der Waals surface area contributed by atoms with Gasteiger partial charge in [0.15, 0.2) is 16.6 Å². The molecule has 2 rings (SSSR count). The van der Waals surface area contributed by atoms with Crippen molar-refractivity contribution >= 4 is 45.3 Å². The summed E-state index contributed by atoms with van der Waals surface area (Å²) in [5.74, 6) is 0. The number of hydrogen-bond acceptors (Lipinski definition) is 5. The van der Waals surface area contributed by atoms with Gasteiger partial charge in [-0.15, -0.1) is 0 Å². The molecule has 0 aromatic carbocycles. The summed E-state index contributed by atoms with van der Waals surface area (Å²) in [7, 11) is -3.72. The Morgan fingerprint density at radius 1 is 1.03 bits per heavy atom. The van der Waals surface area contributed by atoms with Crippen molar-refractivity contribution in [2.75, 3.05) is 6.61 Å². The van der Waals surface area contributed by atoms with Crippen molar-refractivity contribution in [3.63, 3.8) is 0 Å². The van der Waals surface area contributed by atoms with Crippen LogP contribution in [-0.4, -0.2) is 50.2 Å². The first-order valence-corrected chi connectivity index (χ1v) is 18.5. The second-order valence-electron chi connectivity index (χ2n) is 11.5. The fourth-order valence-electron chi connectivity index (χ4n) is 3.07. The van der Waals surface area contributed by atoms with E-state index < -0.39 is 16.6 Å². The van der Waals surface area contributed by atoms with Crippen LogP contribution in [-0.2, 0) is 13.6 Å². The highest BCUT2D eigenvalue weighted by molar-refractivity contribution is 8.16. The van der Waals surface area contributed by atoms with Crippen molar-refractivity contribution in [3.05, 3.63) is 12.2 Å². The molecule has 2 aliphatic heterocycles. The second-order valence-corrected chi connectivity index (χ2v) is 23.8. The van der Waals surface area contributed by atoms with Crippen LogP contribution in [0.5, 0.6) is 0 Å². The molecular weight excluding hydrogens is 433 g/mol. The first-order valence-electron chi connectivity index (χ1n) is 10.9. The molecule has 0 aliphatic carbocycles. The Kier molecular flexibility index (Phi) is 8.11. The molecule has 2 aliphatic rings. The van der Waals surface area contributed by atoms with E-state index in [4.69, 9.17) is 8.85 Å². The molecule has 0 saturated carbocycles. The molecule has 3 nitrogen and oxygen atoms in total. The van der Waals surface area contributed by atoms with Gasteiger partial charge in [0, 0.05) is 15.7 Å². The highest BCUT2D eigenvalue weighted by atomic mass is 32.2. The van der Waals surface area contributed by atoms with Gasteiger partial charge in [0.2, 0.25) is 5.12 Å². The molecule has 0 aromatic heterocycles. The third-order valence-electron chi connectivity index (χ3n) is 7.21. The van der Waals surface area contributed by atoms with Crippen molar-refractivity contribution in [1.29, 1.82) is 0 Å². The number of rotatable bonds is 7. The average molecular weight is 475 g/mol. The maximum absolute atomic E-state index is 11.7. The van der Waals surface area contributed by atoms with Gasteiger partial charge in [0.05, 0.1) is 12.7 Å². The van der Waals surface area contributed by atoms with Crippen LogP contribution in [0.1, 0.15) is 54.4 Å². The third kappa shape index (κ3) is 6.48. The predicted molar refractivity (Wildman–Crippen MR) is 135 cm³/mol. The third-order valence-corrected chi connectivity index (χ3v) is 19.3. The van der Waals surface area contributed by atoms with Crippen LogP contribution in [0.15, 0.2) is 12.2 Å². The molecule has 0 spiro atoms. The topological polar surface area (TPSA) is 35.5 Å². The van der Waals surface area contributed by atoms with Crippen molar-refractivity contribution < 1.29 is 13.6 Å². The molecule has 4 atom stereocenters. The fourth-order valence-corrected chi connectivity index (χ4v) is 8.30. The summed E-state index contributed by atoms with van der Waals surface area (Å²) in [6, 6.07) is 0. The zero-order valence-corrected chi connectivity index (χ0v) is 23.8. The fraction of sp³-hybridized carbons (Fsp3) is 0.864. The predicted octanol–water partition coefficient (Wildman–Crippen LogP) is 6.86. The lowest BCUT2D eigenvalue weighted by atomic mass is 10.1. The molecule has 0 unspecified atom stereocenters. The number of thioether (sulfide) groups is 2. The Balaban J connectivity index is 2.12. The van der Waals surface area contributed by atoms with Crippen LogP contribution in [0, 0.1) is 0 Å². The Bertz CT molecular complexity index is 621. The minimum Gasteiger partial charge on any atom is -0.414 e. The highest BCUT2D eigenvalue weighted by Crippen LogP contribution is 2.46. The van der Waals surface area contributed by atoms with E-state index in [0.717, 1.165) is 12.8 Å². The maximum atomic E-state index is 11.7. The van der Waals surface area contributed by atoms with E-state index in [0.29, 0.717) is 22.4 Å². The van der Waals surface area contributed by atoms with Crippen LogP contribution in [0.25, 0.3) is 0 Å². The normalized spacial score (nSPS) is 27.7. The minimum atomic E-state index is -1.89. The zero-order valence-electron chi connectivity index (χ0n) is 20.1. The number of carbonyl (C=O) groups excluding carboxylic acids is 1. The Morgan fingerprint density at radius 3 is 2.10 bits per heavy atom. The van der Waals surface area contributed by atoms with Crippen molar-refractivity contribution in [3.8, 4) is 0 Å². The first kappa shape index (κ1) is 25.7. The minimum absolute atomic E-state index is 0.131. The molecule has 0 amide bonds. The van der Waals surface area contributed by atoms with Gasteiger partial charge in [0.25, 0.3) is 0 Å². The summed E-state index contributed by atoms with van der Waals surface area (Å²) in [6.45, 7) is 23.8. The van der Waals surface area contributed by atoms with Gasteiger partial charge in [-0.1, -0.05) is 59.4 Å². The SMILES string of the molecule is CC(C)(C)[Si](C)(C)OC[C@@H](O[Si](C)(C)C(C)(C)C)[C@H]1CC[C@H]([C@@H]2C=CC(=O)S2)S1. The molecule has 7 heteroatoms. The quantitative estimate of drug-likeness (QED) is 0.377. The lowest BCUT2D eigenvalue weighted by molar-refractivity contribution is -0.106. The summed E-state index contributed by atoms with van der Waals surface area (Å²) in [6.07, 6.45) is 6.28. The van der Waals surface area contributed by atoms with Gasteiger partial charge in [0.1, 0.15) is 0 Å². The summed E-state index contributed by atoms with van der Waals surface area (Å²) >= 11 is 3.52. The standard InChI is InChI=1S/C22H42O3S2Si2/c1-21(2,3)28(7,8)24-15-16(25-29(9,10)22(4,5)6)17-11-12-18(26-17)19-13-14-20(23)27-19/h13-14,16-19H,11-12,15H2,1-10H3/t16-,17-,18-,19+/m1/s1. The number of hydrogen-bond donors (Lipinski definition) is 0. The van der Waals surface area contributed by atoms with Crippen molar-refractivity contribution in [2.45, 2.75) is 113 Å². The molecule has 1 fully saturated rings. The molecular formula is C22H42O3S2Si2. The maximum Gasteiger partial charge on any atom is 0.212 e. The summed E-state index contributed by atoms with van der Waals surface area (Å²) in [4.78, 5) is 11.7. The van der Waals surface area contributed by atoms with Crippen molar-refractivity contribution in [1.82, 2.24) is 0 Å². The lowest BCUT2D eigenvalue weighted by Crippen LogP contribution is -2.50. The summed E-state index contributed by atoms with van der Waals surface area (Å²) in [5, 5.41) is 1.86. The van der Waals surface area contributed by atoms with Crippen LogP contribution in [0.3, 0.4) is 0 Å². The van der Waals surface area contributed by atoms with Gasteiger partial charge in [-0.3, -0.25) is 4.79 Å². The van der Waals surface area contributed by atoms with Gasteiger partial charge in [-0.05, 0) is 55.2 Å². The van der Waals surface area contributed by atoms with E-state index in [1.807, 2.05) is 11.8 Å². The van der Waals surface area contributed by atoms with E-state index in [1.165, 1.54) is 11.8 Å². The smallest absolute Gasteiger partial charge is 0.212 e. The van der Waals surface area contributed by atoms with Crippen LogP contribution >= 0.6 is 23.5 Å². The molecule has 0 bridgehead atoms. The largest absolute Gasteiger partial charge is 0.414 e. The summed E-state index contributed by atoms with van der Waals surface area (Å²) in [5.41, 5.74) is 0.